The maximum absolute atomic E-state index is 12.1. The summed E-state index contributed by atoms with van der Waals surface area (Å²) in [6, 6.07) is 1.59. The number of aromatic nitrogens is 1. The summed E-state index contributed by atoms with van der Waals surface area (Å²) in [5, 5.41) is 0. The highest BCUT2D eigenvalue weighted by Crippen LogP contribution is 2.11. The first-order valence-electron chi connectivity index (χ1n) is 5.53. The molecule has 1 atom stereocenters. The molecular formula is C12H20ClN3O2. The van der Waals surface area contributed by atoms with Crippen LogP contribution in [0.4, 0.5) is 0 Å². The Morgan fingerprint density at radius 2 is 2.06 bits per heavy atom. The number of nitrogens with zero attached hydrogens (tertiary/aromatic N) is 2. The summed E-state index contributed by atoms with van der Waals surface area (Å²) in [4.78, 5) is 25.0. The molecule has 1 aromatic rings. The monoisotopic (exact) mass is 273 g/mol. The van der Waals surface area contributed by atoms with Gasteiger partial charge >= 0.3 is 0 Å². The van der Waals surface area contributed by atoms with Gasteiger partial charge in [-0.2, -0.15) is 0 Å². The second-order valence-electron chi connectivity index (χ2n) is 4.28. The van der Waals surface area contributed by atoms with Crippen LogP contribution in [-0.4, -0.2) is 40.8 Å². The topological polar surface area (TPSA) is 68.3 Å². The predicted octanol–water partition coefficient (Wildman–Crippen LogP) is 1.07. The van der Waals surface area contributed by atoms with Crippen molar-refractivity contribution in [3.05, 3.63) is 23.5 Å². The number of amides is 1. The molecule has 102 valence electrons. The van der Waals surface area contributed by atoms with Crippen LogP contribution in [-0.2, 0) is 7.05 Å². The van der Waals surface area contributed by atoms with Crippen LogP contribution in [0.2, 0.25) is 0 Å². The van der Waals surface area contributed by atoms with Gasteiger partial charge in [-0.1, -0.05) is 0 Å². The van der Waals surface area contributed by atoms with Gasteiger partial charge in [0.05, 0.1) is 0 Å². The minimum atomic E-state index is -0.127. The lowest BCUT2D eigenvalue weighted by Crippen LogP contribution is -2.40. The lowest BCUT2D eigenvalue weighted by atomic mass is 10.2. The average molecular weight is 274 g/mol. The number of hydrogen-bond acceptors (Lipinski definition) is 3. The molecule has 1 rings (SSSR count). The maximum Gasteiger partial charge on any atom is 0.270 e. The Morgan fingerprint density at radius 1 is 1.50 bits per heavy atom. The molecule has 0 aliphatic carbocycles. The molecular weight excluding hydrogens is 254 g/mol. The summed E-state index contributed by atoms with van der Waals surface area (Å²) in [5.74, 6) is -0.174. The van der Waals surface area contributed by atoms with Gasteiger partial charge in [-0.3, -0.25) is 9.59 Å². The molecule has 0 aliphatic rings. The molecule has 5 nitrogen and oxygen atoms in total. The zero-order valence-corrected chi connectivity index (χ0v) is 12.0. The number of hydrogen-bond donors (Lipinski definition) is 1. The quantitative estimate of drug-likeness (QED) is 0.835. The summed E-state index contributed by atoms with van der Waals surface area (Å²) in [6.45, 7) is 3.77. The average Bonchev–Trinajstić information content (AvgIpc) is 2.68. The van der Waals surface area contributed by atoms with Crippen molar-refractivity contribution in [2.24, 2.45) is 12.8 Å². The van der Waals surface area contributed by atoms with E-state index in [1.54, 1.807) is 35.8 Å². The molecule has 0 saturated carbocycles. The molecule has 6 heteroatoms. The van der Waals surface area contributed by atoms with E-state index in [4.69, 9.17) is 5.73 Å². The van der Waals surface area contributed by atoms with Gasteiger partial charge in [0.1, 0.15) is 5.69 Å². The van der Waals surface area contributed by atoms with E-state index >= 15 is 0 Å². The van der Waals surface area contributed by atoms with E-state index in [9.17, 15) is 9.59 Å². The Labute approximate surface area is 113 Å². The number of nitrogens with two attached hydrogens (primary N) is 1. The van der Waals surface area contributed by atoms with Crippen molar-refractivity contribution in [3.8, 4) is 0 Å². The van der Waals surface area contributed by atoms with Crippen LogP contribution in [0.1, 0.15) is 34.7 Å². The summed E-state index contributed by atoms with van der Waals surface area (Å²) in [7, 11) is 3.46. The van der Waals surface area contributed by atoms with Crippen LogP contribution in [0.3, 0.4) is 0 Å². The molecule has 2 N–H and O–H groups in total. The molecule has 1 amide bonds. The fourth-order valence-corrected chi connectivity index (χ4v) is 1.51. The fraction of sp³-hybridized carbons (Fsp3) is 0.500. The summed E-state index contributed by atoms with van der Waals surface area (Å²) in [6.07, 6.45) is 1.66. The van der Waals surface area contributed by atoms with Crippen LogP contribution in [0, 0.1) is 0 Å². The highest BCUT2D eigenvalue weighted by Gasteiger charge is 2.20. The summed E-state index contributed by atoms with van der Waals surface area (Å²) >= 11 is 0. The molecule has 0 bridgehead atoms. The van der Waals surface area contributed by atoms with Gasteiger partial charge in [0.25, 0.3) is 5.91 Å². The molecule has 0 aliphatic heterocycles. The third kappa shape index (κ3) is 3.34. The second kappa shape index (κ2) is 6.56. The number of aryl methyl sites for hydroxylation is 1. The number of ketones is 1. The van der Waals surface area contributed by atoms with Crippen LogP contribution in [0.25, 0.3) is 0 Å². The van der Waals surface area contributed by atoms with Gasteiger partial charge in [0.2, 0.25) is 0 Å². The van der Waals surface area contributed by atoms with E-state index in [2.05, 4.69) is 0 Å². The number of rotatable bonds is 4. The van der Waals surface area contributed by atoms with Crippen molar-refractivity contribution in [3.63, 3.8) is 0 Å². The van der Waals surface area contributed by atoms with Gasteiger partial charge in [-0.25, -0.2) is 0 Å². The minimum Gasteiger partial charge on any atom is -0.346 e. The van der Waals surface area contributed by atoms with Crippen LogP contribution < -0.4 is 5.73 Å². The van der Waals surface area contributed by atoms with E-state index in [1.165, 1.54) is 6.92 Å². The standard InChI is InChI=1S/C12H19N3O2.ClH/c1-8(6-13)15(4)12(17)11-5-10(9(2)16)7-14(11)3;/h5,7-8H,6,13H2,1-4H3;1H. The normalized spacial score (nSPS) is 11.6. The third-order valence-electron chi connectivity index (χ3n) is 2.95. The van der Waals surface area contributed by atoms with Crippen molar-refractivity contribution >= 4 is 24.1 Å². The van der Waals surface area contributed by atoms with Gasteiger partial charge in [0, 0.05) is 38.4 Å². The predicted molar refractivity (Wildman–Crippen MR) is 73.3 cm³/mol. The van der Waals surface area contributed by atoms with Crippen molar-refractivity contribution < 1.29 is 9.59 Å². The first kappa shape index (κ1) is 16.7. The highest BCUT2D eigenvalue weighted by molar-refractivity contribution is 5.99. The summed E-state index contributed by atoms with van der Waals surface area (Å²) < 4.78 is 1.67. The van der Waals surface area contributed by atoms with E-state index in [1.807, 2.05) is 6.92 Å². The fourth-order valence-electron chi connectivity index (χ4n) is 1.51. The summed E-state index contributed by atoms with van der Waals surface area (Å²) in [5.41, 5.74) is 6.57. The molecule has 0 fully saturated rings. The number of halogens is 1. The number of carbonyl (C=O) groups excluding carboxylic acids is 2. The molecule has 0 radical (unpaired) electrons. The van der Waals surface area contributed by atoms with E-state index < -0.39 is 0 Å². The Kier molecular flexibility index (Phi) is 6.08. The molecule has 1 heterocycles. The van der Waals surface area contributed by atoms with E-state index in [-0.39, 0.29) is 30.1 Å². The Morgan fingerprint density at radius 3 is 2.44 bits per heavy atom. The molecule has 0 aromatic carbocycles. The Hall–Kier alpha value is -1.33. The van der Waals surface area contributed by atoms with Gasteiger partial charge < -0.3 is 15.2 Å². The van der Waals surface area contributed by atoms with Crippen LogP contribution in [0.5, 0.6) is 0 Å². The van der Waals surface area contributed by atoms with Crippen molar-refractivity contribution in [2.45, 2.75) is 19.9 Å². The van der Waals surface area contributed by atoms with Crippen molar-refractivity contribution in [1.29, 1.82) is 0 Å². The number of likely N-dealkylation sites (N-methyl/N-ethyl adjacent to an activating group) is 1. The Balaban J connectivity index is 0.00000289. The second-order valence-corrected chi connectivity index (χ2v) is 4.28. The lowest BCUT2D eigenvalue weighted by molar-refractivity contribution is 0.0739. The third-order valence-corrected chi connectivity index (χ3v) is 2.95. The van der Waals surface area contributed by atoms with Crippen LogP contribution in [0.15, 0.2) is 12.3 Å². The van der Waals surface area contributed by atoms with Crippen molar-refractivity contribution in [2.75, 3.05) is 13.6 Å². The zero-order valence-electron chi connectivity index (χ0n) is 11.1. The first-order chi connectivity index (χ1) is 7.88. The smallest absolute Gasteiger partial charge is 0.270 e. The number of carbonyl (C=O) groups is 2. The van der Waals surface area contributed by atoms with E-state index in [0.717, 1.165) is 0 Å². The number of Topliss-reactive ketones (excluding diaryl/α,β-unsaturated/α-hetero) is 1. The zero-order chi connectivity index (χ0) is 13.2. The molecule has 18 heavy (non-hydrogen) atoms. The first-order valence-corrected chi connectivity index (χ1v) is 5.53. The molecule has 1 aromatic heterocycles. The Bertz CT molecular complexity index is 443. The molecule has 0 saturated heterocycles. The lowest BCUT2D eigenvalue weighted by Gasteiger charge is -2.23. The largest absolute Gasteiger partial charge is 0.346 e. The molecule has 1 unspecified atom stereocenters. The maximum atomic E-state index is 12.1. The van der Waals surface area contributed by atoms with Crippen molar-refractivity contribution in [1.82, 2.24) is 9.47 Å². The molecule has 0 spiro atoms. The highest BCUT2D eigenvalue weighted by atomic mass is 35.5. The van der Waals surface area contributed by atoms with Gasteiger partial charge in [-0.05, 0) is 19.9 Å². The SMILES string of the molecule is CC(=O)c1cc(C(=O)N(C)C(C)CN)n(C)c1.Cl. The van der Waals surface area contributed by atoms with Crippen LogP contribution >= 0.6 is 12.4 Å². The van der Waals surface area contributed by atoms with E-state index in [0.29, 0.717) is 17.8 Å². The minimum absolute atomic E-state index is 0. The van der Waals surface area contributed by atoms with Gasteiger partial charge in [-0.15, -0.1) is 12.4 Å². The van der Waals surface area contributed by atoms with Gasteiger partial charge in [0.15, 0.2) is 5.78 Å².